The number of primary amides is 1. The smallest absolute Gasteiger partial charge is 0.319 e. The van der Waals surface area contributed by atoms with Crippen molar-refractivity contribution in [3.63, 3.8) is 0 Å². The highest BCUT2D eigenvalue weighted by Crippen LogP contribution is 2.21. The average Bonchev–Trinajstić information content (AvgIpc) is 2.44. The molecular formula is C17H29N5O2. The van der Waals surface area contributed by atoms with E-state index >= 15 is 0 Å². The SMILES string of the molecule is CC(C)CCNc1cnccc1NC(=O)N[C@H](C(N)=O)C(C)(C)C. The van der Waals surface area contributed by atoms with Gasteiger partial charge < -0.3 is 21.7 Å². The monoisotopic (exact) mass is 335 g/mol. The highest BCUT2D eigenvalue weighted by atomic mass is 16.2. The standard InChI is InChI=1S/C17H29N5O2/c1-11(2)6-9-20-13-10-19-8-7-12(13)21-16(24)22-14(15(18)23)17(3,4)5/h7-8,10-11,14,20H,6,9H2,1-5H3,(H2,18,23)(H2,19,21,22,24)/t14-/m1/s1. The first-order chi connectivity index (χ1) is 11.1. The second kappa shape index (κ2) is 8.52. The molecule has 0 radical (unpaired) electrons. The second-order valence-corrected chi connectivity index (χ2v) is 7.33. The molecule has 7 heteroatoms. The Morgan fingerprint density at radius 1 is 1.25 bits per heavy atom. The molecule has 0 aliphatic carbocycles. The minimum Gasteiger partial charge on any atom is -0.382 e. The summed E-state index contributed by atoms with van der Waals surface area (Å²) in [4.78, 5) is 27.9. The van der Waals surface area contributed by atoms with E-state index in [0.717, 1.165) is 18.7 Å². The van der Waals surface area contributed by atoms with Crippen molar-refractivity contribution in [2.24, 2.45) is 17.1 Å². The highest BCUT2D eigenvalue weighted by molar-refractivity contribution is 5.95. The summed E-state index contributed by atoms with van der Waals surface area (Å²) in [6, 6.07) is 0.455. The lowest BCUT2D eigenvalue weighted by atomic mass is 9.86. The average molecular weight is 335 g/mol. The van der Waals surface area contributed by atoms with Gasteiger partial charge in [0.2, 0.25) is 5.91 Å². The number of aromatic nitrogens is 1. The molecule has 1 rings (SSSR count). The van der Waals surface area contributed by atoms with Gasteiger partial charge in [-0.1, -0.05) is 34.6 Å². The summed E-state index contributed by atoms with van der Waals surface area (Å²) in [7, 11) is 0. The van der Waals surface area contributed by atoms with E-state index < -0.39 is 23.4 Å². The van der Waals surface area contributed by atoms with E-state index in [0.29, 0.717) is 11.6 Å². The van der Waals surface area contributed by atoms with Crippen molar-refractivity contribution in [1.29, 1.82) is 0 Å². The summed E-state index contributed by atoms with van der Waals surface area (Å²) in [5.74, 6) is 0.0136. The fourth-order valence-electron chi connectivity index (χ4n) is 2.14. The summed E-state index contributed by atoms with van der Waals surface area (Å²) in [6.45, 7) is 10.6. The number of nitrogens with one attached hydrogen (secondary N) is 3. The third-order valence-electron chi connectivity index (χ3n) is 3.53. The van der Waals surface area contributed by atoms with Crippen LogP contribution in [0.2, 0.25) is 0 Å². The normalized spacial score (nSPS) is 12.6. The Balaban J connectivity index is 2.74. The van der Waals surface area contributed by atoms with Crippen LogP contribution in [0.4, 0.5) is 16.2 Å². The third kappa shape index (κ3) is 6.44. The Bertz CT molecular complexity index is 566. The van der Waals surface area contributed by atoms with Crippen LogP contribution in [-0.2, 0) is 4.79 Å². The Morgan fingerprint density at radius 3 is 2.46 bits per heavy atom. The molecule has 0 aliphatic rings. The molecule has 1 heterocycles. The molecule has 1 aromatic heterocycles. The minimum absolute atomic E-state index is 0.472. The Labute approximate surface area is 143 Å². The van der Waals surface area contributed by atoms with Crippen LogP contribution in [0.3, 0.4) is 0 Å². The van der Waals surface area contributed by atoms with Crippen LogP contribution in [0.5, 0.6) is 0 Å². The summed E-state index contributed by atoms with van der Waals surface area (Å²) in [5.41, 5.74) is 6.25. The highest BCUT2D eigenvalue weighted by Gasteiger charge is 2.31. The first-order valence-electron chi connectivity index (χ1n) is 8.16. The van der Waals surface area contributed by atoms with Gasteiger partial charge in [0.15, 0.2) is 0 Å². The van der Waals surface area contributed by atoms with Crippen molar-refractivity contribution in [1.82, 2.24) is 10.3 Å². The maximum absolute atomic E-state index is 12.2. The summed E-state index contributed by atoms with van der Waals surface area (Å²) >= 11 is 0. The summed E-state index contributed by atoms with van der Waals surface area (Å²) < 4.78 is 0. The number of pyridine rings is 1. The quantitative estimate of drug-likeness (QED) is 0.614. The van der Waals surface area contributed by atoms with Crippen molar-refractivity contribution in [2.45, 2.75) is 47.1 Å². The number of hydrogen-bond acceptors (Lipinski definition) is 4. The van der Waals surface area contributed by atoms with E-state index in [1.165, 1.54) is 0 Å². The van der Waals surface area contributed by atoms with Crippen molar-refractivity contribution in [3.8, 4) is 0 Å². The summed E-state index contributed by atoms with van der Waals surface area (Å²) in [6.07, 6.45) is 4.26. The van der Waals surface area contributed by atoms with E-state index in [1.54, 1.807) is 18.5 Å². The number of carbonyl (C=O) groups is 2. The van der Waals surface area contributed by atoms with Gasteiger partial charge in [-0.25, -0.2) is 4.79 Å². The number of anilines is 2. The van der Waals surface area contributed by atoms with Gasteiger partial charge in [-0.15, -0.1) is 0 Å². The van der Waals surface area contributed by atoms with Gasteiger partial charge in [0.1, 0.15) is 6.04 Å². The largest absolute Gasteiger partial charge is 0.382 e. The maximum atomic E-state index is 12.2. The van der Waals surface area contributed by atoms with Gasteiger partial charge in [0.05, 0.1) is 17.6 Å². The molecule has 5 N–H and O–H groups in total. The topological polar surface area (TPSA) is 109 Å². The van der Waals surface area contributed by atoms with Gasteiger partial charge in [-0.2, -0.15) is 0 Å². The third-order valence-corrected chi connectivity index (χ3v) is 3.53. The maximum Gasteiger partial charge on any atom is 0.319 e. The molecule has 0 spiro atoms. The second-order valence-electron chi connectivity index (χ2n) is 7.33. The fraction of sp³-hybridized carbons (Fsp3) is 0.588. The molecule has 0 fully saturated rings. The van der Waals surface area contributed by atoms with Crippen LogP contribution in [0.25, 0.3) is 0 Å². The molecule has 134 valence electrons. The molecule has 1 atom stereocenters. The van der Waals surface area contributed by atoms with E-state index in [4.69, 9.17) is 5.73 Å². The Kier molecular flexibility index (Phi) is 7.00. The van der Waals surface area contributed by atoms with Crippen LogP contribution in [-0.4, -0.2) is 29.5 Å². The van der Waals surface area contributed by atoms with Gasteiger partial charge >= 0.3 is 6.03 Å². The zero-order chi connectivity index (χ0) is 18.3. The van der Waals surface area contributed by atoms with Crippen LogP contribution < -0.4 is 21.7 Å². The number of rotatable bonds is 7. The van der Waals surface area contributed by atoms with Crippen LogP contribution in [0.15, 0.2) is 18.5 Å². The van der Waals surface area contributed by atoms with Gasteiger partial charge in [0.25, 0.3) is 0 Å². The van der Waals surface area contributed by atoms with Gasteiger partial charge in [-0.05, 0) is 23.8 Å². The van der Waals surface area contributed by atoms with Crippen LogP contribution >= 0.6 is 0 Å². The van der Waals surface area contributed by atoms with E-state index in [9.17, 15) is 9.59 Å². The molecule has 3 amide bonds. The number of nitrogens with zero attached hydrogens (tertiary/aromatic N) is 1. The van der Waals surface area contributed by atoms with Crippen molar-refractivity contribution in [2.75, 3.05) is 17.2 Å². The lowest BCUT2D eigenvalue weighted by molar-refractivity contribution is -0.122. The van der Waals surface area contributed by atoms with Crippen LogP contribution in [0.1, 0.15) is 41.0 Å². The van der Waals surface area contributed by atoms with Crippen molar-refractivity contribution < 1.29 is 9.59 Å². The van der Waals surface area contributed by atoms with Crippen molar-refractivity contribution >= 4 is 23.3 Å². The number of hydrogen-bond donors (Lipinski definition) is 4. The number of carbonyl (C=O) groups excluding carboxylic acids is 2. The van der Waals surface area contributed by atoms with Crippen LogP contribution in [0, 0.1) is 11.3 Å². The lowest BCUT2D eigenvalue weighted by Gasteiger charge is -2.28. The van der Waals surface area contributed by atoms with Crippen molar-refractivity contribution in [3.05, 3.63) is 18.5 Å². The lowest BCUT2D eigenvalue weighted by Crippen LogP contribution is -2.53. The zero-order valence-corrected chi connectivity index (χ0v) is 15.1. The van der Waals surface area contributed by atoms with E-state index in [-0.39, 0.29) is 0 Å². The molecule has 7 nitrogen and oxygen atoms in total. The molecule has 0 saturated carbocycles. The first kappa shape index (κ1) is 19.7. The van der Waals surface area contributed by atoms with Gasteiger partial charge in [0, 0.05) is 12.7 Å². The molecular weight excluding hydrogens is 306 g/mol. The molecule has 0 unspecified atom stereocenters. The fourth-order valence-corrected chi connectivity index (χ4v) is 2.14. The molecule has 0 aromatic carbocycles. The molecule has 1 aromatic rings. The molecule has 0 aliphatic heterocycles. The molecule has 0 bridgehead atoms. The van der Waals surface area contributed by atoms with E-state index in [2.05, 4.69) is 34.8 Å². The number of amides is 3. The number of nitrogens with two attached hydrogens (primary N) is 1. The molecule has 24 heavy (non-hydrogen) atoms. The number of urea groups is 1. The zero-order valence-electron chi connectivity index (χ0n) is 15.1. The Morgan fingerprint density at radius 2 is 1.92 bits per heavy atom. The van der Waals surface area contributed by atoms with Gasteiger partial charge in [-0.3, -0.25) is 9.78 Å². The van der Waals surface area contributed by atoms with E-state index in [1.807, 2.05) is 20.8 Å². The summed E-state index contributed by atoms with van der Waals surface area (Å²) in [5, 5.41) is 8.64. The predicted octanol–water partition coefficient (Wildman–Crippen LogP) is 2.56. The molecule has 0 saturated heterocycles. The first-order valence-corrected chi connectivity index (χ1v) is 8.16. The minimum atomic E-state index is -0.767. The Hall–Kier alpha value is -2.31. The predicted molar refractivity (Wildman–Crippen MR) is 96.8 cm³/mol.